The van der Waals surface area contributed by atoms with Crippen molar-refractivity contribution in [3.8, 4) is 0 Å². The van der Waals surface area contributed by atoms with Crippen molar-refractivity contribution in [2.75, 3.05) is 18.1 Å². The quantitative estimate of drug-likeness (QED) is 0.515. The fraction of sp³-hybridized carbons (Fsp3) is 0.300. The van der Waals surface area contributed by atoms with Gasteiger partial charge >= 0.3 is 0 Å². The Morgan fingerprint density at radius 3 is 2.81 bits per heavy atom. The van der Waals surface area contributed by atoms with Gasteiger partial charge in [0.1, 0.15) is 11.6 Å². The van der Waals surface area contributed by atoms with E-state index in [1.165, 1.54) is 6.07 Å². The molecule has 0 fully saturated rings. The second-order valence-electron chi connectivity index (χ2n) is 6.09. The number of thioether (sulfide) groups is 2. The lowest BCUT2D eigenvalue weighted by atomic mass is 10.2. The summed E-state index contributed by atoms with van der Waals surface area (Å²) in [4.78, 5) is 19.9. The molecule has 1 aromatic heterocycles. The standard InChI is InChI=1S/C20H22FN3OS2/c1-14(20-23-17-8-4-5-9-18(17)24-20)27-13-19(25)22-10-11-26-12-15-6-2-3-7-16(15)21/h2-9,14H,10-13H2,1H3,(H,22,25)(H,23,24). The highest BCUT2D eigenvalue weighted by Crippen LogP contribution is 2.27. The number of rotatable bonds is 9. The maximum Gasteiger partial charge on any atom is 0.230 e. The summed E-state index contributed by atoms with van der Waals surface area (Å²) >= 11 is 3.16. The molecule has 4 nitrogen and oxygen atoms in total. The van der Waals surface area contributed by atoms with Crippen LogP contribution in [0.15, 0.2) is 48.5 Å². The van der Waals surface area contributed by atoms with Gasteiger partial charge in [-0.05, 0) is 30.7 Å². The van der Waals surface area contributed by atoms with E-state index in [0.29, 0.717) is 23.6 Å². The molecule has 0 aliphatic heterocycles. The van der Waals surface area contributed by atoms with Crippen molar-refractivity contribution in [1.82, 2.24) is 15.3 Å². The van der Waals surface area contributed by atoms with E-state index < -0.39 is 0 Å². The van der Waals surface area contributed by atoms with Crippen LogP contribution in [0.3, 0.4) is 0 Å². The van der Waals surface area contributed by atoms with Gasteiger partial charge in [-0.3, -0.25) is 4.79 Å². The van der Waals surface area contributed by atoms with Gasteiger partial charge in [0.2, 0.25) is 5.91 Å². The van der Waals surface area contributed by atoms with Crippen molar-refractivity contribution in [2.24, 2.45) is 0 Å². The summed E-state index contributed by atoms with van der Waals surface area (Å²) in [7, 11) is 0. The topological polar surface area (TPSA) is 57.8 Å². The molecule has 0 bridgehead atoms. The number of imidazole rings is 1. The second-order valence-corrected chi connectivity index (χ2v) is 8.52. The average molecular weight is 404 g/mol. The number of amides is 1. The van der Waals surface area contributed by atoms with E-state index in [1.807, 2.05) is 37.3 Å². The molecule has 1 heterocycles. The molecule has 1 amide bonds. The number of nitrogens with one attached hydrogen (secondary N) is 2. The third-order valence-corrected chi connectivity index (χ3v) is 6.20. The summed E-state index contributed by atoms with van der Waals surface area (Å²) in [5.74, 6) is 2.47. The molecular weight excluding hydrogens is 381 g/mol. The molecule has 0 spiro atoms. The monoisotopic (exact) mass is 403 g/mol. The van der Waals surface area contributed by atoms with Gasteiger partial charge in [-0.1, -0.05) is 30.3 Å². The van der Waals surface area contributed by atoms with E-state index in [0.717, 1.165) is 22.6 Å². The third kappa shape index (κ3) is 5.74. The van der Waals surface area contributed by atoms with E-state index in [1.54, 1.807) is 35.7 Å². The van der Waals surface area contributed by atoms with Crippen LogP contribution in [-0.2, 0) is 10.5 Å². The van der Waals surface area contributed by atoms with Crippen LogP contribution in [-0.4, -0.2) is 33.9 Å². The van der Waals surface area contributed by atoms with Gasteiger partial charge in [-0.15, -0.1) is 11.8 Å². The molecule has 0 saturated carbocycles. The first-order valence-electron chi connectivity index (χ1n) is 8.77. The number of para-hydroxylation sites is 2. The minimum atomic E-state index is -0.176. The lowest BCUT2D eigenvalue weighted by Crippen LogP contribution is -2.27. The molecule has 3 aromatic rings. The number of H-pyrrole nitrogens is 1. The number of aromatic amines is 1. The highest BCUT2D eigenvalue weighted by molar-refractivity contribution is 8.00. The fourth-order valence-electron chi connectivity index (χ4n) is 2.56. The zero-order valence-corrected chi connectivity index (χ0v) is 16.7. The highest BCUT2D eigenvalue weighted by Gasteiger charge is 2.13. The van der Waals surface area contributed by atoms with E-state index >= 15 is 0 Å². The van der Waals surface area contributed by atoms with Gasteiger partial charge in [0, 0.05) is 18.1 Å². The first-order valence-corrected chi connectivity index (χ1v) is 11.0. The second kappa shape index (κ2) is 9.80. The van der Waals surface area contributed by atoms with E-state index in [2.05, 4.69) is 15.3 Å². The maximum absolute atomic E-state index is 13.5. The number of halogens is 1. The number of carbonyl (C=O) groups excluding carboxylic acids is 1. The predicted octanol–water partition coefficient (Wildman–Crippen LogP) is 4.55. The molecular formula is C20H22FN3OS2. The molecule has 0 radical (unpaired) electrons. The van der Waals surface area contributed by atoms with E-state index in [9.17, 15) is 9.18 Å². The summed E-state index contributed by atoms with van der Waals surface area (Å²) in [6.45, 7) is 2.62. The van der Waals surface area contributed by atoms with Gasteiger partial charge in [0.25, 0.3) is 0 Å². The third-order valence-electron chi connectivity index (χ3n) is 4.04. The van der Waals surface area contributed by atoms with Gasteiger partial charge in [0.05, 0.1) is 22.0 Å². The van der Waals surface area contributed by atoms with Crippen LogP contribution >= 0.6 is 23.5 Å². The summed E-state index contributed by atoms with van der Waals surface area (Å²) in [5, 5.41) is 3.02. The van der Waals surface area contributed by atoms with E-state index in [4.69, 9.17) is 0 Å². The average Bonchev–Trinajstić information content (AvgIpc) is 3.11. The van der Waals surface area contributed by atoms with Gasteiger partial charge in [0.15, 0.2) is 0 Å². The van der Waals surface area contributed by atoms with Crippen LogP contribution in [0.5, 0.6) is 0 Å². The number of aromatic nitrogens is 2. The Morgan fingerprint density at radius 1 is 1.22 bits per heavy atom. The van der Waals surface area contributed by atoms with Crippen molar-refractivity contribution < 1.29 is 9.18 Å². The lowest BCUT2D eigenvalue weighted by Gasteiger charge is -2.09. The Labute approximate surface area is 166 Å². The summed E-state index contributed by atoms with van der Waals surface area (Å²) in [6.07, 6.45) is 0. The van der Waals surface area contributed by atoms with Crippen LogP contribution in [0.1, 0.15) is 23.6 Å². The number of carbonyl (C=O) groups is 1. The maximum atomic E-state index is 13.5. The number of fused-ring (bicyclic) bond motifs is 1. The van der Waals surface area contributed by atoms with Gasteiger partial charge in [-0.2, -0.15) is 11.8 Å². The molecule has 27 heavy (non-hydrogen) atoms. The van der Waals surface area contributed by atoms with Crippen molar-refractivity contribution in [1.29, 1.82) is 0 Å². The number of hydrogen-bond acceptors (Lipinski definition) is 4. The molecule has 3 rings (SSSR count). The zero-order chi connectivity index (χ0) is 19.1. The Morgan fingerprint density at radius 2 is 2.00 bits per heavy atom. The van der Waals surface area contributed by atoms with Crippen LogP contribution < -0.4 is 5.32 Å². The molecule has 0 saturated heterocycles. The summed E-state index contributed by atoms with van der Waals surface area (Å²) in [6, 6.07) is 14.7. The molecule has 0 aliphatic rings. The number of hydrogen-bond donors (Lipinski definition) is 2. The van der Waals surface area contributed by atoms with Gasteiger partial charge < -0.3 is 10.3 Å². The minimum absolute atomic E-state index is 0.00875. The summed E-state index contributed by atoms with van der Waals surface area (Å²) in [5.41, 5.74) is 2.65. The summed E-state index contributed by atoms with van der Waals surface area (Å²) < 4.78 is 13.5. The van der Waals surface area contributed by atoms with Crippen molar-refractivity contribution in [3.05, 3.63) is 65.7 Å². The number of benzene rings is 2. The predicted molar refractivity (Wildman–Crippen MR) is 113 cm³/mol. The lowest BCUT2D eigenvalue weighted by molar-refractivity contribution is -0.118. The van der Waals surface area contributed by atoms with E-state index in [-0.39, 0.29) is 17.0 Å². The smallest absolute Gasteiger partial charge is 0.230 e. The Hall–Kier alpha value is -1.99. The largest absolute Gasteiger partial charge is 0.355 e. The Kier molecular flexibility index (Phi) is 7.18. The highest BCUT2D eigenvalue weighted by atomic mass is 32.2. The van der Waals surface area contributed by atoms with Crippen LogP contribution in [0.2, 0.25) is 0 Å². The molecule has 0 aliphatic carbocycles. The molecule has 2 N–H and O–H groups in total. The first-order chi connectivity index (χ1) is 13.1. The molecule has 1 atom stereocenters. The normalized spacial score (nSPS) is 12.2. The zero-order valence-electron chi connectivity index (χ0n) is 15.1. The Bertz CT molecular complexity index is 867. The van der Waals surface area contributed by atoms with Gasteiger partial charge in [-0.25, -0.2) is 9.37 Å². The minimum Gasteiger partial charge on any atom is -0.355 e. The molecule has 2 aromatic carbocycles. The SMILES string of the molecule is CC(SCC(=O)NCCSCc1ccccc1F)c1nc2ccccc2[nH]1. The van der Waals surface area contributed by atoms with Crippen molar-refractivity contribution >= 4 is 40.5 Å². The van der Waals surface area contributed by atoms with Crippen LogP contribution in [0.25, 0.3) is 11.0 Å². The number of nitrogens with zero attached hydrogens (tertiary/aromatic N) is 1. The van der Waals surface area contributed by atoms with Crippen LogP contribution in [0, 0.1) is 5.82 Å². The molecule has 7 heteroatoms. The molecule has 1 unspecified atom stereocenters. The Balaban J connectivity index is 1.34. The first kappa shape index (κ1) is 19.8. The van der Waals surface area contributed by atoms with Crippen molar-refractivity contribution in [3.63, 3.8) is 0 Å². The molecule has 142 valence electrons. The fourth-order valence-corrected chi connectivity index (χ4v) is 4.17. The van der Waals surface area contributed by atoms with Crippen LogP contribution in [0.4, 0.5) is 4.39 Å². The van der Waals surface area contributed by atoms with Crippen molar-refractivity contribution in [2.45, 2.75) is 17.9 Å².